The van der Waals surface area contributed by atoms with E-state index in [4.69, 9.17) is 0 Å². The summed E-state index contributed by atoms with van der Waals surface area (Å²) >= 11 is 0. The lowest BCUT2D eigenvalue weighted by Crippen LogP contribution is -2.42. The van der Waals surface area contributed by atoms with Gasteiger partial charge in [-0.2, -0.15) is 13.2 Å². The van der Waals surface area contributed by atoms with Gasteiger partial charge in [-0.25, -0.2) is 4.39 Å². The fourth-order valence-corrected chi connectivity index (χ4v) is 3.78. The van der Waals surface area contributed by atoms with Crippen molar-refractivity contribution in [1.29, 1.82) is 0 Å². The molecule has 1 aromatic carbocycles. The van der Waals surface area contributed by atoms with Gasteiger partial charge in [0.05, 0.1) is 8.07 Å². The van der Waals surface area contributed by atoms with Crippen molar-refractivity contribution in [2.24, 2.45) is 0 Å². The second-order valence-corrected chi connectivity index (χ2v) is 9.90. The molecule has 0 radical (unpaired) electrons. The summed E-state index contributed by atoms with van der Waals surface area (Å²) in [7, 11) is -1.90. The average Bonchev–Trinajstić information content (AvgIpc) is 2.37. The van der Waals surface area contributed by atoms with E-state index in [0.29, 0.717) is 6.04 Å². The van der Waals surface area contributed by atoms with E-state index >= 15 is 0 Å². The van der Waals surface area contributed by atoms with Gasteiger partial charge in [0.25, 0.3) is 5.78 Å². The zero-order valence-corrected chi connectivity index (χ0v) is 12.3. The van der Waals surface area contributed by atoms with Crippen molar-refractivity contribution in [2.75, 3.05) is 13.5 Å². The number of alkyl halides is 4. The molecule has 0 unspecified atom stereocenters. The molecule has 0 aliphatic heterocycles. The van der Waals surface area contributed by atoms with E-state index in [1.807, 2.05) is 13.1 Å². The molecule has 0 saturated heterocycles. The van der Waals surface area contributed by atoms with Crippen LogP contribution in [0.25, 0.3) is 0 Å². The fraction of sp³-hybridized carbons (Fsp3) is 0.462. The van der Waals surface area contributed by atoms with Crippen LogP contribution in [0.1, 0.15) is 10.4 Å². The summed E-state index contributed by atoms with van der Waals surface area (Å²) < 4.78 is 53.4. The molecule has 0 bridgehead atoms. The van der Waals surface area contributed by atoms with Crippen LogP contribution in [0.15, 0.2) is 24.3 Å². The van der Waals surface area contributed by atoms with E-state index < -0.39 is 26.9 Å². The number of ether oxygens (including phenoxy) is 1. The summed E-state index contributed by atoms with van der Waals surface area (Å²) in [6.07, 6.45) is -4.86. The lowest BCUT2D eigenvalue weighted by atomic mass is 10.1. The summed E-state index contributed by atoms with van der Waals surface area (Å²) in [6.45, 7) is 3.45. The Morgan fingerprint density at radius 2 is 1.75 bits per heavy atom. The third-order valence-electron chi connectivity index (χ3n) is 3.13. The zero-order chi connectivity index (χ0) is 15.4. The normalized spacial score (nSPS) is 12.5. The molecular formula is C13H16F4O2Si. The van der Waals surface area contributed by atoms with Crippen LogP contribution in [-0.4, -0.2) is 33.5 Å². The Bertz CT molecular complexity index is 454. The van der Waals surface area contributed by atoms with Gasteiger partial charge in [0.2, 0.25) is 0 Å². The smallest absolute Gasteiger partial charge is 0.351 e. The Kier molecular flexibility index (Phi) is 5.47. The number of carbonyl (C=O) groups excluding carboxylic acids is 1. The second kappa shape index (κ2) is 6.49. The van der Waals surface area contributed by atoms with Gasteiger partial charge in [0.15, 0.2) is 6.86 Å². The fourth-order valence-electron chi connectivity index (χ4n) is 1.76. The highest BCUT2D eigenvalue weighted by Crippen LogP contribution is 2.21. The molecule has 112 valence electrons. The predicted molar refractivity (Wildman–Crippen MR) is 70.7 cm³/mol. The molecule has 1 rings (SSSR count). The number of Topliss-reactive ketones (excluding diaryl/α,β-unsaturated/α-hetero) is 1. The first kappa shape index (κ1) is 16.8. The van der Waals surface area contributed by atoms with Gasteiger partial charge >= 0.3 is 6.18 Å². The van der Waals surface area contributed by atoms with E-state index in [-0.39, 0.29) is 12.2 Å². The van der Waals surface area contributed by atoms with Crippen LogP contribution in [0.3, 0.4) is 0 Å². The van der Waals surface area contributed by atoms with E-state index in [1.165, 1.54) is 12.1 Å². The van der Waals surface area contributed by atoms with Gasteiger partial charge in [-0.15, -0.1) is 0 Å². The minimum absolute atomic E-state index is 0.277. The van der Waals surface area contributed by atoms with Crippen molar-refractivity contribution in [3.05, 3.63) is 29.8 Å². The van der Waals surface area contributed by atoms with Crippen LogP contribution in [0.5, 0.6) is 0 Å². The summed E-state index contributed by atoms with van der Waals surface area (Å²) in [5, 5.41) is 0.902. The van der Waals surface area contributed by atoms with Gasteiger partial charge in [0, 0.05) is 12.2 Å². The van der Waals surface area contributed by atoms with Crippen LogP contribution in [0.2, 0.25) is 19.1 Å². The first-order chi connectivity index (χ1) is 9.18. The van der Waals surface area contributed by atoms with Crippen molar-refractivity contribution >= 4 is 19.0 Å². The Morgan fingerprint density at radius 3 is 2.20 bits per heavy atom. The van der Waals surface area contributed by atoms with E-state index in [0.717, 1.165) is 5.19 Å². The quantitative estimate of drug-likeness (QED) is 0.349. The molecule has 0 fully saturated rings. The number of rotatable bonds is 6. The maximum atomic E-state index is 12.3. The third kappa shape index (κ3) is 4.41. The number of hydrogen-bond acceptors (Lipinski definition) is 2. The predicted octanol–water partition coefficient (Wildman–Crippen LogP) is 3.29. The molecule has 0 aromatic heterocycles. The second-order valence-electron chi connectivity index (χ2n) is 5.06. The molecule has 20 heavy (non-hydrogen) atoms. The molecule has 0 amide bonds. The Hall–Kier alpha value is -1.21. The van der Waals surface area contributed by atoms with Gasteiger partial charge < -0.3 is 4.74 Å². The summed E-state index contributed by atoms with van der Waals surface area (Å²) in [4.78, 5) is 11.1. The van der Waals surface area contributed by atoms with Gasteiger partial charge in [-0.1, -0.05) is 42.5 Å². The van der Waals surface area contributed by atoms with Crippen molar-refractivity contribution in [3.8, 4) is 0 Å². The minimum atomic E-state index is -4.86. The average molecular weight is 308 g/mol. The monoisotopic (exact) mass is 308 g/mol. The van der Waals surface area contributed by atoms with E-state index in [9.17, 15) is 22.4 Å². The molecule has 7 heteroatoms. The van der Waals surface area contributed by atoms with Gasteiger partial charge in [0.1, 0.15) is 0 Å². The molecule has 2 nitrogen and oxygen atoms in total. The SMILES string of the molecule is C[Si](C)(CCOCF)c1ccc(C(=O)C(F)(F)F)cc1. The molecule has 1 aromatic rings. The molecule has 0 heterocycles. The van der Waals surface area contributed by atoms with Gasteiger partial charge in [-0.3, -0.25) is 4.79 Å². The lowest BCUT2D eigenvalue weighted by molar-refractivity contribution is -0.0885. The summed E-state index contributed by atoms with van der Waals surface area (Å²) in [5.41, 5.74) is -0.369. The summed E-state index contributed by atoms with van der Waals surface area (Å²) in [6, 6.07) is 6.12. The van der Waals surface area contributed by atoms with Crippen LogP contribution >= 0.6 is 0 Å². The number of carbonyl (C=O) groups is 1. The maximum Gasteiger partial charge on any atom is 0.454 e. The van der Waals surface area contributed by atoms with Crippen molar-refractivity contribution in [1.82, 2.24) is 0 Å². The molecular weight excluding hydrogens is 292 g/mol. The largest absolute Gasteiger partial charge is 0.454 e. The Labute approximate surface area is 115 Å². The molecule has 0 aliphatic rings. The summed E-state index contributed by atoms with van der Waals surface area (Å²) in [5.74, 6) is -1.84. The first-order valence-corrected chi connectivity index (χ1v) is 9.25. The number of halogens is 4. The molecule has 0 saturated carbocycles. The highest BCUT2D eigenvalue weighted by molar-refractivity contribution is 6.89. The van der Waals surface area contributed by atoms with Crippen LogP contribution in [0, 0.1) is 0 Å². The lowest BCUT2D eigenvalue weighted by Gasteiger charge is -2.22. The van der Waals surface area contributed by atoms with Crippen LogP contribution < -0.4 is 5.19 Å². The maximum absolute atomic E-state index is 12.3. The van der Waals surface area contributed by atoms with Gasteiger partial charge in [-0.05, 0) is 6.04 Å². The number of ketones is 1. The van der Waals surface area contributed by atoms with Crippen molar-refractivity contribution < 1.29 is 27.1 Å². The topological polar surface area (TPSA) is 26.3 Å². The van der Waals surface area contributed by atoms with Crippen molar-refractivity contribution in [3.63, 3.8) is 0 Å². The number of hydrogen-bond donors (Lipinski definition) is 0. The zero-order valence-electron chi connectivity index (χ0n) is 11.3. The molecule has 0 N–H and O–H groups in total. The Balaban J connectivity index is 2.83. The van der Waals surface area contributed by atoms with Crippen molar-refractivity contribution in [2.45, 2.75) is 25.3 Å². The highest BCUT2D eigenvalue weighted by atomic mass is 28.3. The Morgan fingerprint density at radius 1 is 1.20 bits per heavy atom. The molecule has 0 spiro atoms. The van der Waals surface area contributed by atoms with Crippen LogP contribution in [-0.2, 0) is 4.74 Å². The third-order valence-corrected chi connectivity index (χ3v) is 6.48. The van der Waals surface area contributed by atoms with Crippen LogP contribution in [0.4, 0.5) is 17.6 Å². The standard InChI is InChI=1S/C13H16F4O2Si/c1-20(2,8-7-19-9-14)11-5-3-10(4-6-11)12(18)13(15,16)17/h3-6H,7-9H2,1-2H3. The molecule has 0 aliphatic carbocycles. The highest BCUT2D eigenvalue weighted by Gasteiger charge is 2.39. The first-order valence-electron chi connectivity index (χ1n) is 6.04. The number of benzene rings is 1. The van der Waals surface area contributed by atoms with E-state index in [2.05, 4.69) is 4.74 Å². The van der Waals surface area contributed by atoms with E-state index in [1.54, 1.807) is 12.1 Å². The minimum Gasteiger partial charge on any atom is -0.351 e. The molecule has 0 atom stereocenters.